The molecule has 1 fully saturated rings. The second kappa shape index (κ2) is 4.66. The van der Waals surface area contributed by atoms with Gasteiger partial charge in [0, 0.05) is 17.0 Å². The van der Waals surface area contributed by atoms with Crippen LogP contribution in [0.4, 0.5) is 0 Å². The van der Waals surface area contributed by atoms with Crippen LogP contribution in [0.3, 0.4) is 0 Å². The zero-order valence-electron chi connectivity index (χ0n) is 11.2. The summed E-state index contributed by atoms with van der Waals surface area (Å²) in [5.41, 5.74) is 3.58. The highest BCUT2D eigenvalue weighted by Gasteiger charge is 2.30. The Morgan fingerprint density at radius 3 is 2.95 bits per heavy atom. The quantitative estimate of drug-likeness (QED) is 0.803. The number of fused-ring (bicyclic) bond motifs is 1. The number of hydrogen-bond donors (Lipinski definition) is 1. The molecule has 5 nitrogen and oxygen atoms in total. The molecule has 0 amide bonds. The van der Waals surface area contributed by atoms with Crippen molar-refractivity contribution in [2.24, 2.45) is 0 Å². The predicted octanol–water partition coefficient (Wildman–Crippen LogP) is 3.12. The van der Waals surface area contributed by atoms with E-state index in [-0.39, 0.29) is 5.56 Å². The first-order valence-corrected chi connectivity index (χ1v) is 7.72. The minimum atomic E-state index is -0.926. The molecular formula is C15H13N3O2S. The zero-order valence-corrected chi connectivity index (χ0v) is 12.0. The normalized spacial score (nSPS) is 14.7. The Bertz CT molecular complexity index is 819. The first-order chi connectivity index (χ1) is 10.2. The first kappa shape index (κ1) is 12.5. The number of thiazole rings is 1. The second-order valence-electron chi connectivity index (χ2n) is 5.28. The molecule has 106 valence electrons. The Morgan fingerprint density at radius 2 is 2.29 bits per heavy atom. The Labute approximate surface area is 124 Å². The van der Waals surface area contributed by atoms with E-state index in [1.54, 1.807) is 23.5 Å². The van der Waals surface area contributed by atoms with Crippen molar-refractivity contribution in [2.75, 3.05) is 0 Å². The lowest BCUT2D eigenvalue weighted by molar-refractivity contribution is 0.0699. The number of hydrogen-bond acceptors (Lipinski definition) is 4. The molecule has 2 aromatic heterocycles. The average Bonchev–Trinajstić information content (AvgIpc) is 3.07. The van der Waals surface area contributed by atoms with Gasteiger partial charge in [0.15, 0.2) is 0 Å². The van der Waals surface area contributed by atoms with E-state index >= 15 is 0 Å². The number of carboxylic acid groups (broad SMARTS) is 1. The standard InChI is InChI=1S/C15H13N3O2S/c19-15(20)11-2-1-3-12-13(11)17-14(9-4-5-9)18(12)7-10-6-16-8-21-10/h1-3,6,8-9H,4-5,7H2,(H,19,20). The van der Waals surface area contributed by atoms with Crippen LogP contribution in [0, 0.1) is 0 Å². The van der Waals surface area contributed by atoms with Crippen molar-refractivity contribution in [3.05, 3.63) is 46.2 Å². The third-order valence-electron chi connectivity index (χ3n) is 3.78. The molecule has 1 aliphatic carbocycles. The third kappa shape index (κ3) is 2.12. The van der Waals surface area contributed by atoms with Crippen molar-refractivity contribution in [1.29, 1.82) is 0 Å². The van der Waals surface area contributed by atoms with E-state index in [1.807, 2.05) is 17.8 Å². The summed E-state index contributed by atoms with van der Waals surface area (Å²) >= 11 is 1.60. The van der Waals surface area contributed by atoms with Gasteiger partial charge in [0.2, 0.25) is 0 Å². The number of nitrogens with zero attached hydrogens (tertiary/aromatic N) is 3. The SMILES string of the molecule is O=C(O)c1cccc2c1nc(C1CC1)n2Cc1cncs1. The molecule has 0 aliphatic heterocycles. The van der Waals surface area contributed by atoms with Crippen LogP contribution in [0.25, 0.3) is 11.0 Å². The number of aromatic nitrogens is 3. The summed E-state index contributed by atoms with van der Waals surface area (Å²) in [5.74, 6) is 0.546. The summed E-state index contributed by atoms with van der Waals surface area (Å²) in [7, 11) is 0. The molecule has 1 N–H and O–H groups in total. The van der Waals surface area contributed by atoms with Gasteiger partial charge in [-0.1, -0.05) is 6.07 Å². The number of benzene rings is 1. The molecule has 6 heteroatoms. The van der Waals surface area contributed by atoms with Crippen molar-refractivity contribution in [3.63, 3.8) is 0 Å². The fraction of sp³-hybridized carbons (Fsp3) is 0.267. The van der Waals surface area contributed by atoms with Gasteiger partial charge < -0.3 is 9.67 Å². The molecule has 1 aliphatic rings. The van der Waals surface area contributed by atoms with Crippen LogP contribution in [0.15, 0.2) is 29.9 Å². The molecule has 1 aromatic carbocycles. The molecule has 0 atom stereocenters. The number of aromatic carboxylic acids is 1. The van der Waals surface area contributed by atoms with Gasteiger partial charge in [-0.15, -0.1) is 11.3 Å². The van der Waals surface area contributed by atoms with Crippen LogP contribution in [0.1, 0.15) is 39.8 Å². The summed E-state index contributed by atoms with van der Waals surface area (Å²) in [6, 6.07) is 5.35. The molecule has 0 radical (unpaired) electrons. The number of para-hydroxylation sites is 1. The Hall–Kier alpha value is -2.21. The lowest BCUT2D eigenvalue weighted by atomic mass is 10.2. The molecule has 21 heavy (non-hydrogen) atoms. The molecule has 0 bridgehead atoms. The van der Waals surface area contributed by atoms with Gasteiger partial charge in [-0.05, 0) is 25.0 Å². The highest BCUT2D eigenvalue weighted by Crippen LogP contribution is 2.41. The van der Waals surface area contributed by atoms with E-state index < -0.39 is 5.97 Å². The van der Waals surface area contributed by atoms with Gasteiger partial charge in [-0.3, -0.25) is 4.98 Å². The zero-order chi connectivity index (χ0) is 14.4. The predicted molar refractivity (Wildman–Crippen MR) is 79.9 cm³/mol. The van der Waals surface area contributed by atoms with Crippen LogP contribution >= 0.6 is 11.3 Å². The molecular weight excluding hydrogens is 286 g/mol. The molecule has 1 saturated carbocycles. The van der Waals surface area contributed by atoms with Gasteiger partial charge in [-0.2, -0.15) is 0 Å². The second-order valence-corrected chi connectivity index (χ2v) is 6.25. The van der Waals surface area contributed by atoms with Gasteiger partial charge in [-0.25, -0.2) is 9.78 Å². The summed E-state index contributed by atoms with van der Waals surface area (Å²) in [6.07, 6.45) is 4.12. The lowest BCUT2D eigenvalue weighted by Crippen LogP contribution is -2.03. The average molecular weight is 299 g/mol. The minimum Gasteiger partial charge on any atom is -0.478 e. The molecule has 2 heterocycles. The molecule has 0 saturated heterocycles. The number of carbonyl (C=O) groups is 1. The fourth-order valence-electron chi connectivity index (χ4n) is 2.63. The first-order valence-electron chi connectivity index (χ1n) is 6.84. The Morgan fingerprint density at radius 1 is 1.43 bits per heavy atom. The smallest absolute Gasteiger partial charge is 0.337 e. The van der Waals surface area contributed by atoms with Gasteiger partial charge in [0.05, 0.1) is 23.1 Å². The summed E-state index contributed by atoms with van der Waals surface area (Å²) in [6.45, 7) is 0.704. The number of rotatable bonds is 4. The van der Waals surface area contributed by atoms with Crippen molar-refractivity contribution >= 4 is 28.3 Å². The highest BCUT2D eigenvalue weighted by molar-refractivity contribution is 7.09. The molecule has 4 rings (SSSR count). The monoisotopic (exact) mass is 299 g/mol. The van der Waals surface area contributed by atoms with E-state index in [9.17, 15) is 9.90 Å². The van der Waals surface area contributed by atoms with Crippen LogP contribution in [0.2, 0.25) is 0 Å². The largest absolute Gasteiger partial charge is 0.478 e. The van der Waals surface area contributed by atoms with Gasteiger partial charge >= 0.3 is 5.97 Å². The number of imidazole rings is 1. The van der Waals surface area contributed by atoms with E-state index in [1.165, 1.54) is 0 Å². The van der Waals surface area contributed by atoms with E-state index in [0.29, 0.717) is 18.0 Å². The summed E-state index contributed by atoms with van der Waals surface area (Å²) in [5, 5.41) is 9.34. The van der Waals surface area contributed by atoms with Crippen LogP contribution in [-0.2, 0) is 6.54 Å². The van der Waals surface area contributed by atoms with Gasteiger partial charge in [0.25, 0.3) is 0 Å². The van der Waals surface area contributed by atoms with Crippen molar-refractivity contribution in [1.82, 2.24) is 14.5 Å². The van der Waals surface area contributed by atoms with Gasteiger partial charge in [0.1, 0.15) is 11.3 Å². The van der Waals surface area contributed by atoms with E-state index in [2.05, 4.69) is 14.5 Å². The minimum absolute atomic E-state index is 0.275. The van der Waals surface area contributed by atoms with Crippen molar-refractivity contribution in [3.8, 4) is 0 Å². The Kier molecular flexibility index (Phi) is 2.78. The van der Waals surface area contributed by atoms with Crippen molar-refractivity contribution < 1.29 is 9.90 Å². The van der Waals surface area contributed by atoms with E-state index in [4.69, 9.17) is 0 Å². The maximum Gasteiger partial charge on any atom is 0.337 e. The molecule has 0 unspecified atom stereocenters. The maximum atomic E-state index is 11.4. The topological polar surface area (TPSA) is 68.0 Å². The van der Waals surface area contributed by atoms with E-state index in [0.717, 1.165) is 29.1 Å². The maximum absolute atomic E-state index is 11.4. The lowest BCUT2D eigenvalue weighted by Gasteiger charge is -2.06. The highest BCUT2D eigenvalue weighted by atomic mass is 32.1. The third-order valence-corrected chi connectivity index (χ3v) is 4.54. The number of carboxylic acids is 1. The fourth-order valence-corrected chi connectivity index (χ4v) is 3.22. The molecule has 3 aromatic rings. The van der Waals surface area contributed by atoms with Crippen molar-refractivity contribution in [2.45, 2.75) is 25.3 Å². The van der Waals surface area contributed by atoms with Crippen LogP contribution < -0.4 is 0 Å². The summed E-state index contributed by atoms with van der Waals surface area (Å²) in [4.78, 5) is 21.3. The van der Waals surface area contributed by atoms with Crippen LogP contribution in [-0.4, -0.2) is 25.6 Å². The Balaban J connectivity index is 1.92. The van der Waals surface area contributed by atoms with Crippen LogP contribution in [0.5, 0.6) is 0 Å². The molecule has 0 spiro atoms. The summed E-state index contributed by atoms with van der Waals surface area (Å²) < 4.78 is 2.15.